The fourth-order valence-corrected chi connectivity index (χ4v) is 2.96. The monoisotopic (exact) mass is 379 g/mol. The van der Waals surface area contributed by atoms with Crippen molar-refractivity contribution in [3.8, 4) is 11.5 Å². The van der Waals surface area contributed by atoms with Crippen LogP contribution in [0, 0.1) is 13.8 Å². The van der Waals surface area contributed by atoms with Crippen LogP contribution in [0.3, 0.4) is 0 Å². The van der Waals surface area contributed by atoms with Crippen molar-refractivity contribution in [1.29, 1.82) is 0 Å². The first-order chi connectivity index (χ1) is 13.5. The Kier molecular flexibility index (Phi) is 5.99. The van der Waals surface area contributed by atoms with Crippen molar-refractivity contribution in [3.05, 3.63) is 77.4 Å². The smallest absolute Gasteiger partial charge is 0.258 e. The summed E-state index contributed by atoms with van der Waals surface area (Å²) in [6.07, 6.45) is 3.56. The number of carbonyl (C=O) groups is 1. The lowest BCUT2D eigenvalue weighted by atomic mass is 10.1. The highest BCUT2D eigenvalue weighted by molar-refractivity contribution is 5.78. The minimum atomic E-state index is -0.388. The van der Waals surface area contributed by atoms with E-state index in [9.17, 15) is 4.79 Å². The van der Waals surface area contributed by atoms with Crippen LogP contribution in [0.1, 0.15) is 28.6 Å². The predicted octanol–water partition coefficient (Wildman–Crippen LogP) is 3.33. The third-order valence-electron chi connectivity index (χ3n) is 4.57. The summed E-state index contributed by atoms with van der Waals surface area (Å²) in [5.41, 5.74) is 2.99. The van der Waals surface area contributed by atoms with Gasteiger partial charge in [-0.15, -0.1) is 0 Å². The van der Waals surface area contributed by atoms with Gasteiger partial charge in [0.2, 0.25) is 0 Å². The number of ether oxygens (including phenoxy) is 2. The Morgan fingerprint density at radius 2 is 1.93 bits per heavy atom. The number of hydrogen-bond donors (Lipinski definition) is 1. The largest absolute Gasteiger partial charge is 0.497 e. The van der Waals surface area contributed by atoms with Gasteiger partial charge in [0.1, 0.15) is 23.4 Å². The van der Waals surface area contributed by atoms with Gasteiger partial charge in [-0.25, -0.2) is 4.98 Å². The molecule has 1 aromatic heterocycles. The van der Waals surface area contributed by atoms with Crippen LogP contribution in [0.4, 0.5) is 0 Å². The third-order valence-corrected chi connectivity index (χ3v) is 4.57. The highest BCUT2D eigenvalue weighted by Gasteiger charge is 2.21. The topological polar surface area (TPSA) is 65.4 Å². The van der Waals surface area contributed by atoms with E-state index in [1.165, 1.54) is 0 Å². The molecule has 1 atom stereocenters. The first-order valence-corrected chi connectivity index (χ1v) is 9.08. The van der Waals surface area contributed by atoms with Crippen molar-refractivity contribution in [2.45, 2.75) is 19.9 Å². The van der Waals surface area contributed by atoms with Gasteiger partial charge in [-0.2, -0.15) is 0 Å². The minimum Gasteiger partial charge on any atom is -0.497 e. The van der Waals surface area contributed by atoms with Crippen LogP contribution < -0.4 is 14.8 Å². The molecule has 1 heterocycles. The summed E-state index contributed by atoms with van der Waals surface area (Å²) in [5, 5.41) is 3.03. The quantitative estimate of drug-likeness (QED) is 0.684. The van der Waals surface area contributed by atoms with E-state index >= 15 is 0 Å². The first kappa shape index (κ1) is 19.5. The number of methoxy groups -OCH3 is 1. The number of aromatic nitrogens is 2. The lowest BCUT2D eigenvalue weighted by Gasteiger charge is -2.20. The zero-order valence-electron chi connectivity index (χ0n) is 16.6. The van der Waals surface area contributed by atoms with Crippen molar-refractivity contribution >= 4 is 5.91 Å². The lowest BCUT2D eigenvalue weighted by molar-refractivity contribution is -0.123. The summed E-state index contributed by atoms with van der Waals surface area (Å²) in [5.74, 6) is 2.00. The van der Waals surface area contributed by atoms with Gasteiger partial charge in [0.15, 0.2) is 6.61 Å². The minimum absolute atomic E-state index is 0.0681. The van der Waals surface area contributed by atoms with E-state index < -0.39 is 0 Å². The molecule has 0 saturated heterocycles. The Morgan fingerprint density at radius 1 is 1.18 bits per heavy atom. The summed E-state index contributed by atoms with van der Waals surface area (Å²) < 4.78 is 12.9. The summed E-state index contributed by atoms with van der Waals surface area (Å²) in [6, 6.07) is 13.1. The summed E-state index contributed by atoms with van der Waals surface area (Å²) in [6.45, 7) is 3.88. The molecule has 0 aliphatic heterocycles. The number of nitrogens with zero attached hydrogens (tertiary/aromatic N) is 2. The normalized spacial score (nSPS) is 11.7. The first-order valence-electron chi connectivity index (χ1n) is 9.08. The average Bonchev–Trinajstić information content (AvgIpc) is 3.12. The van der Waals surface area contributed by atoms with E-state index in [2.05, 4.69) is 10.3 Å². The van der Waals surface area contributed by atoms with Gasteiger partial charge in [0.05, 0.1) is 7.11 Å². The summed E-state index contributed by atoms with van der Waals surface area (Å²) >= 11 is 0. The van der Waals surface area contributed by atoms with Crippen LogP contribution in [0.15, 0.2) is 54.9 Å². The molecule has 1 N–H and O–H groups in total. The van der Waals surface area contributed by atoms with Gasteiger partial charge in [0.25, 0.3) is 5.91 Å². The molecule has 0 fully saturated rings. The maximum atomic E-state index is 12.6. The molecule has 0 aliphatic carbocycles. The van der Waals surface area contributed by atoms with Crippen LogP contribution in [-0.4, -0.2) is 29.2 Å². The molecule has 3 aromatic rings. The second kappa shape index (κ2) is 8.61. The second-order valence-corrected chi connectivity index (χ2v) is 6.73. The highest BCUT2D eigenvalue weighted by atomic mass is 16.5. The second-order valence-electron chi connectivity index (χ2n) is 6.73. The van der Waals surface area contributed by atoms with E-state index in [0.717, 1.165) is 28.3 Å². The molecule has 6 heteroatoms. The Balaban J connectivity index is 1.76. The molecular formula is C22H25N3O3. The zero-order chi connectivity index (χ0) is 20.1. The number of nitrogens with one attached hydrogen (secondary N) is 1. The average molecular weight is 379 g/mol. The van der Waals surface area contributed by atoms with Crippen LogP contribution >= 0.6 is 0 Å². The third kappa shape index (κ3) is 4.52. The molecule has 0 spiro atoms. The number of rotatable bonds is 7. The molecule has 3 rings (SSSR count). The van der Waals surface area contributed by atoms with Crippen molar-refractivity contribution < 1.29 is 14.3 Å². The Labute approximate surface area is 165 Å². The standard InChI is InChI=1S/C22H25N3O3/c1-15-5-6-16(2)19(13-15)28-14-20(26)24-21(22-23-11-12-25(22)3)17-7-9-18(27-4)10-8-17/h5-13,21H,14H2,1-4H3,(H,24,26). The number of amides is 1. The van der Waals surface area contributed by atoms with E-state index in [0.29, 0.717) is 5.75 Å². The van der Waals surface area contributed by atoms with E-state index in [1.54, 1.807) is 13.3 Å². The molecule has 1 amide bonds. The van der Waals surface area contributed by atoms with E-state index in [4.69, 9.17) is 9.47 Å². The van der Waals surface area contributed by atoms with Crippen LogP contribution in [0.5, 0.6) is 11.5 Å². The van der Waals surface area contributed by atoms with Gasteiger partial charge in [-0.05, 0) is 48.7 Å². The molecule has 6 nitrogen and oxygen atoms in total. The Hall–Kier alpha value is -3.28. The van der Waals surface area contributed by atoms with Crippen molar-refractivity contribution in [2.24, 2.45) is 7.05 Å². The van der Waals surface area contributed by atoms with Gasteiger partial charge in [0, 0.05) is 19.4 Å². The number of aryl methyl sites for hydroxylation is 3. The maximum Gasteiger partial charge on any atom is 0.258 e. The molecule has 146 valence electrons. The lowest BCUT2D eigenvalue weighted by Crippen LogP contribution is -2.34. The Bertz CT molecular complexity index is 948. The zero-order valence-corrected chi connectivity index (χ0v) is 16.6. The maximum absolute atomic E-state index is 12.6. The predicted molar refractivity (Wildman–Crippen MR) is 108 cm³/mol. The van der Waals surface area contributed by atoms with Crippen LogP contribution in [0.25, 0.3) is 0 Å². The van der Waals surface area contributed by atoms with E-state index in [-0.39, 0.29) is 18.6 Å². The van der Waals surface area contributed by atoms with Crippen molar-refractivity contribution in [3.63, 3.8) is 0 Å². The molecule has 28 heavy (non-hydrogen) atoms. The molecule has 0 radical (unpaired) electrons. The fraction of sp³-hybridized carbons (Fsp3) is 0.273. The van der Waals surface area contributed by atoms with Gasteiger partial charge in [-0.1, -0.05) is 24.3 Å². The van der Waals surface area contributed by atoms with E-state index in [1.807, 2.05) is 74.1 Å². The van der Waals surface area contributed by atoms with Crippen molar-refractivity contribution in [2.75, 3.05) is 13.7 Å². The molecule has 0 saturated carbocycles. The van der Waals surface area contributed by atoms with Gasteiger partial charge in [-0.3, -0.25) is 4.79 Å². The number of carbonyl (C=O) groups excluding carboxylic acids is 1. The van der Waals surface area contributed by atoms with Gasteiger partial charge < -0.3 is 19.4 Å². The molecular weight excluding hydrogens is 354 g/mol. The molecule has 0 bridgehead atoms. The number of hydrogen-bond acceptors (Lipinski definition) is 4. The molecule has 2 aromatic carbocycles. The number of benzene rings is 2. The van der Waals surface area contributed by atoms with Crippen LogP contribution in [0.2, 0.25) is 0 Å². The Morgan fingerprint density at radius 3 is 2.57 bits per heavy atom. The summed E-state index contributed by atoms with van der Waals surface area (Å²) in [4.78, 5) is 17.0. The van der Waals surface area contributed by atoms with Crippen molar-refractivity contribution in [1.82, 2.24) is 14.9 Å². The SMILES string of the molecule is COc1ccc(C(NC(=O)COc2cc(C)ccc2C)c2nccn2C)cc1. The fourth-order valence-electron chi connectivity index (χ4n) is 2.96. The summed E-state index contributed by atoms with van der Waals surface area (Å²) in [7, 11) is 3.52. The molecule has 0 aliphatic rings. The highest BCUT2D eigenvalue weighted by Crippen LogP contribution is 2.23. The van der Waals surface area contributed by atoms with Crippen LogP contribution in [-0.2, 0) is 11.8 Å². The number of imidazole rings is 1. The van der Waals surface area contributed by atoms with Gasteiger partial charge >= 0.3 is 0 Å². The molecule has 1 unspecified atom stereocenters.